The summed E-state index contributed by atoms with van der Waals surface area (Å²) in [5, 5.41) is 23.3. The van der Waals surface area contributed by atoms with E-state index in [2.05, 4.69) is 67.8 Å². The Balaban J connectivity index is 3.39. The molecule has 0 aliphatic rings. The van der Waals surface area contributed by atoms with E-state index < -0.39 is 12.1 Å². The average molecular weight is 1230 g/mol. The molecule has 2 unspecified atom stereocenters. The number of rotatable bonds is 74. The molecule has 0 spiro atoms. The minimum atomic E-state index is -0.844. The first kappa shape index (κ1) is 85.6. The monoisotopic (exact) mass is 1230 g/mol. The topological polar surface area (TPSA) is 95.9 Å². The third-order valence-electron chi connectivity index (χ3n) is 18.3. The lowest BCUT2D eigenvalue weighted by atomic mass is 10.0. The van der Waals surface area contributed by atoms with Crippen molar-refractivity contribution in [2.45, 2.75) is 437 Å². The Morgan fingerprint density at radius 1 is 0.318 bits per heavy atom. The second-order valence-electron chi connectivity index (χ2n) is 27.0. The van der Waals surface area contributed by atoms with Gasteiger partial charge < -0.3 is 20.3 Å². The summed E-state index contributed by atoms with van der Waals surface area (Å²) in [6, 6.07) is -0.628. The van der Waals surface area contributed by atoms with E-state index in [0.717, 1.165) is 57.8 Å². The third-order valence-corrected chi connectivity index (χ3v) is 18.3. The van der Waals surface area contributed by atoms with Gasteiger partial charge in [0.15, 0.2) is 0 Å². The van der Waals surface area contributed by atoms with Crippen LogP contribution in [0.1, 0.15) is 425 Å². The number of carbonyl (C=O) groups is 2. The molecule has 3 N–H and O–H groups in total. The molecule has 6 heteroatoms. The largest absolute Gasteiger partial charge is 0.466 e. The molecule has 516 valence electrons. The standard InChI is InChI=1S/C82H153NO5/c1-3-5-7-9-11-13-15-17-19-21-39-43-46-50-54-58-62-66-70-74-80(85)79(78-84)83-81(86)75-71-67-63-59-55-51-47-44-40-37-35-33-31-29-27-25-23-22-24-26-28-30-32-34-36-38-41-45-49-53-57-61-65-69-73-77-88-82(87)76-72-68-64-60-56-52-48-42-20-18-16-14-12-10-8-6-4-2/h12,14,18,20,24,26,30,32,70,74,79-80,84-85H,3-11,13,15-17,19,21-23,25,27-29,31,33-69,71-73,75-78H2,1-2H3,(H,83,86)/b14-12-,20-18-,26-24-,32-30-,74-70+. The van der Waals surface area contributed by atoms with Gasteiger partial charge in [0.1, 0.15) is 0 Å². The molecule has 0 saturated heterocycles. The molecule has 0 aliphatic heterocycles. The maximum absolute atomic E-state index is 12.5. The zero-order chi connectivity index (χ0) is 63.5. The van der Waals surface area contributed by atoms with Gasteiger partial charge in [-0.1, -0.05) is 376 Å². The first-order valence-electron chi connectivity index (χ1n) is 39.6. The number of hydrogen-bond donors (Lipinski definition) is 3. The fourth-order valence-electron chi connectivity index (χ4n) is 12.2. The van der Waals surface area contributed by atoms with Gasteiger partial charge in [0.25, 0.3) is 0 Å². The van der Waals surface area contributed by atoms with E-state index in [1.165, 1.54) is 340 Å². The molecular formula is C82H153NO5. The number of aliphatic hydroxyl groups is 2. The maximum atomic E-state index is 12.5. The highest BCUT2D eigenvalue weighted by atomic mass is 16.5. The van der Waals surface area contributed by atoms with Crippen LogP contribution < -0.4 is 5.32 Å². The predicted molar refractivity (Wildman–Crippen MR) is 389 cm³/mol. The smallest absolute Gasteiger partial charge is 0.305 e. The summed E-state index contributed by atoms with van der Waals surface area (Å²) in [5.41, 5.74) is 0. The molecule has 0 fully saturated rings. The molecule has 0 saturated carbocycles. The molecule has 0 aromatic carbocycles. The minimum absolute atomic E-state index is 0.00895. The zero-order valence-corrected chi connectivity index (χ0v) is 59.2. The highest BCUT2D eigenvalue weighted by molar-refractivity contribution is 5.76. The summed E-state index contributed by atoms with van der Waals surface area (Å²) in [5.74, 6) is -0.0534. The predicted octanol–water partition coefficient (Wildman–Crippen LogP) is 26.2. The highest BCUT2D eigenvalue weighted by Crippen LogP contribution is 2.19. The van der Waals surface area contributed by atoms with Gasteiger partial charge in [0.2, 0.25) is 5.91 Å². The second-order valence-corrected chi connectivity index (χ2v) is 27.0. The van der Waals surface area contributed by atoms with Crippen LogP contribution in [0.5, 0.6) is 0 Å². The van der Waals surface area contributed by atoms with Crippen LogP contribution in [-0.4, -0.2) is 47.4 Å². The summed E-state index contributed by atoms with van der Waals surface area (Å²) >= 11 is 0. The molecule has 2 atom stereocenters. The number of nitrogens with one attached hydrogen (secondary N) is 1. The van der Waals surface area contributed by atoms with Gasteiger partial charge in [-0.3, -0.25) is 9.59 Å². The number of allylic oxidation sites excluding steroid dienone is 9. The Bertz CT molecular complexity index is 1520. The van der Waals surface area contributed by atoms with Gasteiger partial charge in [0.05, 0.1) is 25.4 Å². The normalized spacial score (nSPS) is 12.8. The summed E-state index contributed by atoms with van der Waals surface area (Å²) in [6.45, 7) is 4.91. The van der Waals surface area contributed by atoms with Gasteiger partial charge in [-0.2, -0.15) is 0 Å². The lowest BCUT2D eigenvalue weighted by Crippen LogP contribution is -2.45. The third kappa shape index (κ3) is 72.6. The number of carbonyl (C=O) groups excluding carboxylic acids is 2. The molecule has 1 amide bonds. The molecule has 0 aromatic heterocycles. The Hall–Kier alpha value is -2.44. The van der Waals surface area contributed by atoms with Crippen LogP contribution in [0.4, 0.5) is 0 Å². The first-order valence-corrected chi connectivity index (χ1v) is 39.6. The number of amides is 1. The number of hydrogen-bond acceptors (Lipinski definition) is 5. The maximum Gasteiger partial charge on any atom is 0.305 e. The number of ether oxygens (including phenoxy) is 1. The van der Waals surface area contributed by atoms with Crippen molar-refractivity contribution >= 4 is 11.9 Å². The van der Waals surface area contributed by atoms with Crippen LogP contribution in [0.3, 0.4) is 0 Å². The van der Waals surface area contributed by atoms with Crippen LogP contribution >= 0.6 is 0 Å². The minimum Gasteiger partial charge on any atom is -0.466 e. The van der Waals surface area contributed by atoms with Crippen molar-refractivity contribution < 1.29 is 24.5 Å². The SMILES string of the molecule is CCCCC/C=C\C/C=C\CCCCCCCCCC(=O)OCCCCCCCCCCCCC/C=C\C/C=C\CCCCCCCCCCCCCCCCCCCC(=O)NC(CO)C(O)/C=C/CCCCCCCCCCCCCCCCCCC. The van der Waals surface area contributed by atoms with E-state index in [9.17, 15) is 19.8 Å². The molecular weight excluding hydrogens is 1080 g/mol. The van der Waals surface area contributed by atoms with Crippen molar-refractivity contribution in [2.75, 3.05) is 13.2 Å². The van der Waals surface area contributed by atoms with E-state index in [0.29, 0.717) is 19.4 Å². The molecule has 0 aliphatic carbocycles. The van der Waals surface area contributed by atoms with Gasteiger partial charge in [0, 0.05) is 12.8 Å². The van der Waals surface area contributed by atoms with Crippen molar-refractivity contribution in [2.24, 2.45) is 0 Å². The molecule has 0 aromatic rings. The fourth-order valence-corrected chi connectivity index (χ4v) is 12.2. The Kier molecular flexibility index (Phi) is 74.9. The van der Waals surface area contributed by atoms with Crippen molar-refractivity contribution in [3.05, 3.63) is 60.8 Å². The van der Waals surface area contributed by atoms with E-state index in [1.807, 2.05) is 6.08 Å². The Morgan fingerprint density at radius 3 is 0.886 bits per heavy atom. The van der Waals surface area contributed by atoms with Crippen molar-refractivity contribution in [3.8, 4) is 0 Å². The van der Waals surface area contributed by atoms with Crippen molar-refractivity contribution in [1.82, 2.24) is 5.32 Å². The second kappa shape index (κ2) is 77.0. The van der Waals surface area contributed by atoms with E-state index in [1.54, 1.807) is 6.08 Å². The van der Waals surface area contributed by atoms with Crippen molar-refractivity contribution in [1.29, 1.82) is 0 Å². The van der Waals surface area contributed by atoms with Gasteiger partial charge in [-0.25, -0.2) is 0 Å². The Morgan fingerprint density at radius 2 is 0.568 bits per heavy atom. The summed E-state index contributed by atoms with van der Waals surface area (Å²) in [7, 11) is 0. The fraction of sp³-hybridized carbons (Fsp3) is 0.854. The molecule has 6 nitrogen and oxygen atoms in total. The van der Waals surface area contributed by atoms with Gasteiger partial charge in [-0.15, -0.1) is 0 Å². The van der Waals surface area contributed by atoms with Crippen LogP contribution in [-0.2, 0) is 14.3 Å². The van der Waals surface area contributed by atoms with Gasteiger partial charge in [-0.05, 0) is 96.3 Å². The van der Waals surface area contributed by atoms with Crippen LogP contribution in [0.2, 0.25) is 0 Å². The van der Waals surface area contributed by atoms with Crippen LogP contribution in [0.25, 0.3) is 0 Å². The van der Waals surface area contributed by atoms with E-state index in [-0.39, 0.29) is 18.5 Å². The lowest BCUT2D eigenvalue weighted by Gasteiger charge is -2.20. The number of unbranched alkanes of at least 4 members (excludes halogenated alkanes) is 55. The average Bonchev–Trinajstić information content (AvgIpc) is 3.58. The number of esters is 1. The molecule has 88 heavy (non-hydrogen) atoms. The summed E-state index contributed by atoms with van der Waals surface area (Å²) < 4.78 is 5.50. The molecule has 0 radical (unpaired) electrons. The molecule has 0 rings (SSSR count). The van der Waals surface area contributed by atoms with Crippen molar-refractivity contribution in [3.63, 3.8) is 0 Å². The van der Waals surface area contributed by atoms with Crippen LogP contribution in [0.15, 0.2) is 60.8 Å². The zero-order valence-electron chi connectivity index (χ0n) is 59.2. The molecule has 0 bridgehead atoms. The van der Waals surface area contributed by atoms with Crippen LogP contribution in [0, 0.1) is 0 Å². The lowest BCUT2D eigenvalue weighted by molar-refractivity contribution is -0.143. The number of aliphatic hydroxyl groups excluding tert-OH is 2. The summed E-state index contributed by atoms with van der Waals surface area (Å²) in [4.78, 5) is 24.6. The first-order chi connectivity index (χ1) is 43.5. The van der Waals surface area contributed by atoms with Gasteiger partial charge >= 0.3 is 5.97 Å². The Labute approximate surface area is 549 Å². The highest BCUT2D eigenvalue weighted by Gasteiger charge is 2.18. The van der Waals surface area contributed by atoms with E-state index in [4.69, 9.17) is 4.74 Å². The summed E-state index contributed by atoms with van der Waals surface area (Å²) in [6.07, 6.45) is 103. The molecule has 0 heterocycles. The quantitative estimate of drug-likeness (QED) is 0.0320. The van der Waals surface area contributed by atoms with E-state index >= 15 is 0 Å².